The summed E-state index contributed by atoms with van der Waals surface area (Å²) in [5.41, 5.74) is 10.2. The van der Waals surface area contributed by atoms with Gasteiger partial charge in [-0.1, -0.05) is 18.6 Å². The fraction of sp³-hybridized carbons (Fsp3) is 0.464. The van der Waals surface area contributed by atoms with E-state index < -0.39 is 12.0 Å². The van der Waals surface area contributed by atoms with E-state index in [1.807, 2.05) is 18.2 Å². The second-order valence-electron chi connectivity index (χ2n) is 9.31. The molecule has 5 N–H and O–H groups in total. The average molecular weight is 528 g/mol. The number of carbonyl (C=O) groups is 3. The number of rotatable bonds is 12. The Hall–Kier alpha value is -3.63. The molecule has 10 heteroatoms. The molecule has 1 aromatic carbocycles. The van der Waals surface area contributed by atoms with Crippen LogP contribution in [-0.2, 0) is 20.8 Å². The number of ketones is 1. The zero-order chi connectivity index (χ0) is 27.8. The number of ether oxygens (including phenoxy) is 3. The number of unbranched alkanes of at least 4 members (excludes halogenated alkanes) is 1. The lowest BCUT2D eigenvalue weighted by Crippen LogP contribution is -2.30. The molecule has 10 nitrogen and oxygen atoms in total. The minimum Gasteiger partial charge on any atom is -0.493 e. The Morgan fingerprint density at radius 2 is 1.82 bits per heavy atom. The van der Waals surface area contributed by atoms with Crippen LogP contribution in [0, 0.1) is 0 Å². The molecule has 3 rings (SSSR count). The number of nitrogens with two attached hydrogens (primary N) is 1. The maximum absolute atomic E-state index is 13.3. The highest BCUT2D eigenvalue weighted by atomic mass is 16.5. The number of carboxylic acids is 1. The number of fused-ring (bicyclic) bond motifs is 3. The standard InChI is InChI=1S/C28H37N3O7/c1-16(32)31-22-11-9-17-13-24(36-2)26(37-3)27(38-4)25(17)19-10-8-18(23(33)14-20(19)22)15-30-12-6-5-7-21(29)28(34)35/h8,10,13,21,30H,5-7,9,11-12,14-15,29H2,1-4H3,(H,31,32)(H,34,35)/t21-/m1/s1. The first-order chi connectivity index (χ1) is 18.2. The van der Waals surface area contributed by atoms with Gasteiger partial charge in [0.2, 0.25) is 11.7 Å². The van der Waals surface area contributed by atoms with Crippen molar-refractivity contribution in [1.29, 1.82) is 0 Å². The van der Waals surface area contributed by atoms with E-state index in [9.17, 15) is 14.4 Å². The van der Waals surface area contributed by atoms with Crippen LogP contribution in [0.4, 0.5) is 0 Å². The Morgan fingerprint density at radius 3 is 2.45 bits per heavy atom. The summed E-state index contributed by atoms with van der Waals surface area (Å²) in [7, 11) is 4.68. The number of Topliss-reactive ketones (excluding diaryl/α,β-unsaturated/α-hetero) is 1. The number of aryl methyl sites for hydroxylation is 1. The molecule has 0 aromatic heterocycles. The molecule has 0 radical (unpaired) electrons. The van der Waals surface area contributed by atoms with Crippen LogP contribution >= 0.6 is 0 Å². The van der Waals surface area contributed by atoms with Gasteiger partial charge in [-0.2, -0.15) is 0 Å². The minimum atomic E-state index is -1.00. The molecular weight excluding hydrogens is 490 g/mol. The Kier molecular flexibility index (Phi) is 10.1. The molecule has 206 valence electrons. The maximum atomic E-state index is 13.3. The van der Waals surface area contributed by atoms with Gasteiger partial charge in [0, 0.05) is 36.7 Å². The topological polar surface area (TPSA) is 149 Å². The molecule has 0 saturated heterocycles. The highest BCUT2D eigenvalue weighted by Gasteiger charge is 2.31. The van der Waals surface area contributed by atoms with Gasteiger partial charge < -0.3 is 35.7 Å². The summed E-state index contributed by atoms with van der Waals surface area (Å²) in [5.74, 6) is 0.270. The third kappa shape index (κ3) is 6.62. The van der Waals surface area contributed by atoms with Crippen molar-refractivity contribution >= 4 is 23.2 Å². The van der Waals surface area contributed by atoms with E-state index in [0.29, 0.717) is 67.3 Å². The van der Waals surface area contributed by atoms with Crippen molar-refractivity contribution in [3.05, 3.63) is 46.2 Å². The molecule has 0 fully saturated rings. The molecule has 1 atom stereocenters. The van der Waals surface area contributed by atoms with Crippen LogP contribution in [0.1, 0.15) is 50.2 Å². The maximum Gasteiger partial charge on any atom is 0.320 e. The Labute approximate surface area is 222 Å². The Morgan fingerprint density at radius 1 is 1.08 bits per heavy atom. The molecule has 0 aliphatic heterocycles. The monoisotopic (exact) mass is 527 g/mol. The number of amides is 1. The molecule has 0 heterocycles. The highest BCUT2D eigenvalue weighted by molar-refractivity contribution is 6.04. The number of nitrogens with one attached hydrogen (secondary N) is 2. The average Bonchev–Trinajstić information content (AvgIpc) is 3.13. The van der Waals surface area contributed by atoms with E-state index in [1.54, 1.807) is 21.3 Å². The third-order valence-electron chi connectivity index (χ3n) is 6.74. The smallest absolute Gasteiger partial charge is 0.320 e. The summed E-state index contributed by atoms with van der Waals surface area (Å²) >= 11 is 0. The third-order valence-corrected chi connectivity index (χ3v) is 6.74. The Balaban J connectivity index is 1.93. The predicted molar refractivity (Wildman–Crippen MR) is 143 cm³/mol. The van der Waals surface area contributed by atoms with Gasteiger partial charge >= 0.3 is 5.97 Å². The molecule has 1 aromatic rings. The molecule has 2 aliphatic carbocycles. The van der Waals surface area contributed by atoms with Gasteiger partial charge in [0.1, 0.15) is 6.04 Å². The summed E-state index contributed by atoms with van der Waals surface area (Å²) < 4.78 is 17.0. The second-order valence-corrected chi connectivity index (χ2v) is 9.31. The SMILES string of the molecule is COc1cc2c(c(OC)c1OC)C1=CC=C(CNCCCC[C@@H](N)C(=O)O)C(=O)CC1=C(NC(C)=O)CC2. The summed E-state index contributed by atoms with van der Waals surface area (Å²) in [5, 5.41) is 15.1. The number of allylic oxidation sites excluding steroid dienone is 5. The van der Waals surface area contributed by atoms with Gasteiger partial charge in [0.15, 0.2) is 17.3 Å². The normalized spacial score (nSPS) is 15.8. The van der Waals surface area contributed by atoms with E-state index in [0.717, 1.165) is 28.7 Å². The van der Waals surface area contributed by atoms with Crippen LogP contribution in [0.3, 0.4) is 0 Å². The Bertz CT molecular complexity index is 1180. The van der Waals surface area contributed by atoms with E-state index in [1.165, 1.54) is 6.92 Å². The largest absolute Gasteiger partial charge is 0.493 e. The molecular formula is C28H37N3O7. The number of hydrogen-bond acceptors (Lipinski definition) is 8. The van der Waals surface area contributed by atoms with Crippen LogP contribution in [0.25, 0.3) is 5.57 Å². The lowest BCUT2D eigenvalue weighted by Gasteiger charge is -2.21. The molecule has 38 heavy (non-hydrogen) atoms. The number of carbonyl (C=O) groups excluding carboxylic acids is 2. The van der Waals surface area contributed by atoms with E-state index in [-0.39, 0.29) is 18.1 Å². The molecule has 1 amide bonds. The van der Waals surface area contributed by atoms with Crippen molar-refractivity contribution < 1.29 is 33.7 Å². The zero-order valence-corrected chi connectivity index (χ0v) is 22.4. The van der Waals surface area contributed by atoms with Crippen molar-refractivity contribution in [1.82, 2.24) is 10.6 Å². The molecule has 0 unspecified atom stereocenters. The van der Waals surface area contributed by atoms with Gasteiger partial charge in [0.25, 0.3) is 0 Å². The fourth-order valence-electron chi connectivity index (χ4n) is 4.83. The van der Waals surface area contributed by atoms with E-state index in [4.69, 9.17) is 25.1 Å². The second kappa shape index (κ2) is 13.3. The molecule has 2 aliphatic rings. The summed E-state index contributed by atoms with van der Waals surface area (Å²) in [6.45, 7) is 2.45. The van der Waals surface area contributed by atoms with Crippen molar-refractivity contribution in [3.8, 4) is 17.2 Å². The van der Waals surface area contributed by atoms with Crippen LogP contribution < -0.4 is 30.6 Å². The van der Waals surface area contributed by atoms with Gasteiger partial charge in [-0.3, -0.25) is 14.4 Å². The summed E-state index contributed by atoms with van der Waals surface area (Å²) in [6.07, 6.45) is 6.81. The first-order valence-electron chi connectivity index (χ1n) is 12.7. The van der Waals surface area contributed by atoms with Gasteiger partial charge in [0.05, 0.1) is 21.3 Å². The minimum absolute atomic E-state index is 0.0441. The van der Waals surface area contributed by atoms with Crippen LogP contribution in [-0.4, -0.2) is 63.2 Å². The summed E-state index contributed by atoms with van der Waals surface area (Å²) in [4.78, 5) is 36.2. The zero-order valence-electron chi connectivity index (χ0n) is 22.4. The van der Waals surface area contributed by atoms with E-state index in [2.05, 4.69) is 10.6 Å². The van der Waals surface area contributed by atoms with Gasteiger partial charge in [-0.25, -0.2) is 0 Å². The van der Waals surface area contributed by atoms with Crippen molar-refractivity contribution in [2.24, 2.45) is 5.73 Å². The van der Waals surface area contributed by atoms with Crippen LogP contribution in [0.2, 0.25) is 0 Å². The number of hydrogen-bond donors (Lipinski definition) is 4. The van der Waals surface area contributed by atoms with E-state index >= 15 is 0 Å². The molecule has 0 saturated carbocycles. The van der Waals surface area contributed by atoms with Crippen molar-refractivity contribution in [2.45, 2.75) is 51.5 Å². The lowest BCUT2D eigenvalue weighted by molar-refractivity contribution is -0.138. The van der Waals surface area contributed by atoms with Crippen LogP contribution in [0.15, 0.2) is 35.1 Å². The quantitative estimate of drug-likeness (QED) is 0.301. The van der Waals surface area contributed by atoms with Gasteiger partial charge in [-0.05, 0) is 55.0 Å². The predicted octanol–water partition coefficient (Wildman–Crippen LogP) is 2.50. The fourth-order valence-corrected chi connectivity index (χ4v) is 4.83. The first kappa shape index (κ1) is 28.9. The number of benzene rings is 1. The number of aliphatic carboxylic acids is 1. The van der Waals surface area contributed by atoms with Crippen molar-refractivity contribution in [2.75, 3.05) is 34.4 Å². The lowest BCUT2D eigenvalue weighted by atomic mass is 9.91. The van der Waals surface area contributed by atoms with Gasteiger partial charge in [-0.15, -0.1) is 0 Å². The number of methoxy groups -OCH3 is 3. The number of carboxylic acid groups (broad SMARTS) is 1. The highest BCUT2D eigenvalue weighted by Crippen LogP contribution is 2.49. The van der Waals surface area contributed by atoms with Crippen LogP contribution in [0.5, 0.6) is 17.2 Å². The van der Waals surface area contributed by atoms with Crippen molar-refractivity contribution in [3.63, 3.8) is 0 Å². The first-order valence-corrected chi connectivity index (χ1v) is 12.7. The molecule has 0 spiro atoms. The summed E-state index contributed by atoms with van der Waals surface area (Å²) in [6, 6.07) is 1.06. The molecule has 0 bridgehead atoms.